The average Bonchev–Trinajstić information content (AvgIpc) is 2.47. The van der Waals surface area contributed by atoms with Gasteiger partial charge in [-0.25, -0.2) is 0 Å². The Morgan fingerprint density at radius 3 is 2.10 bits per heavy atom. The SMILES string of the molecule is CN(C)c1ccc(C(=O)N2CCC(C)(C(=O)O)CC2)cc1. The number of amides is 1. The lowest BCUT2D eigenvalue weighted by Crippen LogP contribution is -2.45. The van der Waals surface area contributed by atoms with Crippen molar-refractivity contribution in [3.8, 4) is 0 Å². The first kappa shape index (κ1) is 15.4. The van der Waals surface area contributed by atoms with Gasteiger partial charge >= 0.3 is 5.97 Å². The number of carboxylic acid groups (broad SMARTS) is 1. The molecule has 0 aliphatic carbocycles. The molecule has 0 aromatic heterocycles. The number of carboxylic acids is 1. The van der Waals surface area contributed by atoms with Crippen molar-refractivity contribution in [3.05, 3.63) is 29.8 Å². The maximum absolute atomic E-state index is 12.4. The van der Waals surface area contributed by atoms with Gasteiger partial charge in [0.1, 0.15) is 0 Å². The largest absolute Gasteiger partial charge is 0.481 e. The Morgan fingerprint density at radius 1 is 1.14 bits per heavy atom. The summed E-state index contributed by atoms with van der Waals surface area (Å²) in [6.07, 6.45) is 1.01. The molecule has 1 aromatic rings. The lowest BCUT2D eigenvalue weighted by Gasteiger charge is -2.36. The van der Waals surface area contributed by atoms with Gasteiger partial charge in [-0.05, 0) is 44.0 Å². The summed E-state index contributed by atoms with van der Waals surface area (Å²) in [5, 5.41) is 9.21. The molecule has 0 bridgehead atoms. The third kappa shape index (κ3) is 3.17. The highest BCUT2D eigenvalue weighted by atomic mass is 16.4. The highest BCUT2D eigenvalue weighted by Crippen LogP contribution is 2.31. The Morgan fingerprint density at radius 2 is 1.67 bits per heavy atom. The number of rotatable bonds is 3. The summed E-state index contributed by atoms with van der Waals surface area (Å²) in [4.78, 5) is 27.4. The van der Waals surface area contributed by atoms with E-state index in [4.69, 9.17) is 0 Å². The van der Waals surface area contributed by atoms with Crippen molar-refractivity contribution in [1.82, 2.24) is 4.90 Å². The van der Waals surface area contributed by atoms with Gasteiger partial charge in [0.25, 0.3) is 5.91 Å². The van der Waals surface area contributed by atoms with Crippen LogP contribution >= 0.6 is 0 Å². The smallest absolute Gasteiger partial charge is 0.309 e. The monoisotopic (exact) mass is 290 g/mol. The van der Waals surface area contributed by atoms with Crippen LogP contribution < -0.4 is 4.90 Å². The van der Waals surface area contributed by atoms with E-state index in [0.29, 0.717) is 31.5 Å². The molecular formula is C16H22N2O3. The summed E-state index contributed by atoms with van der Waals surface area (Å²) in [6.45, 7) is 2.75. The molecular weight excluding hydrogens is 268 g/mol. The Bertz CT molecular complexity index is 529. The number of nitrogens with zero attached hydrogens (tertiary/aromatic N) is 2. The van der Waals surface area contributed by atoms with Gasteiger partial charge < -0.3 is 14.9 Å². The molecule has 2 rings (SSSR count). The molecule has 0 unspecified atom stereocenters. The van der Waals surface area contributed by atoms with Crippen LogP contribution in [0.4, 0.5) is 5.69 Å². The van der Waals surface area contributed by atoms with Gasteiger partial charge in [0.15, 0.2) is 0 Å². The van der Waals surface area contributed by atoms with Crippen molar-refractivity contribution in [1.29, 1.82) is 0 Å². The van der Waals surface area contributed by atoms with Gasteiger partial charge in [0, 0.05) is 38.4 Å². The van der Waals surface area contributed by atoms with Crippen LogP contribution in [0.2, 0.25) is 0 Å². The van der Waals surface area contributed by atoms with Crippen LogP contribution in [0, 0.1) is 5.41 Å². The number of carbonyl (C=O) groups excluding carboxylic acids is 1. The molecule has 1 aromatic carbocycles. The van der Waals surface area contributed by atoms with Crippen molar-refractivity contribution in [2.24, 2.45) is 5.41 Å². The summed E-state index contributed by atoms with van der Waals surface area (Å²) < 4.78 is 0. The van der Waals surface area contributed by atoms with Crippen molar-refractivity contribution < 1.29 is 14.7 Å². The van der Waals surface area contributed by atoms with Gasteiger partial charge in [-0.15, -0.1) is 0 Å². The van der Waals surface area contributed by atoms with E-state index in [1.807, 2.05) is 43.3 Å². The van der Waals surface area contributed by atoms with Gasteiger partial charge in [0.2, 0.25) is 0 Å². The van der Waals surface area contributed by atoms with Gasteiger partial charge in [0.05, 0.1) is 5.41 Å². The van der Waals surface area contributed by atoms with Crippen molar-refractivity contribution in [2.45, 2.75) is 19.8 Å². The van der Waals surface area contributed by atoms with Crippen LogP contribution in [0.1, 0.15) is 30.1 Å². The molecule has 21 heavy (non-hydrogen) atoms. The van der Waals surface area contributed by atoms with Crippen LogP contribution in [0.3, 0.4) is 0 Å². The van der Waals surface area contributed by atoms with Crippen molar-refractivity contribution in [3.63, 3.8) is 0 Å². The minimum atomic E-state index is -0.773. The summed E-state index contributed by atoms with van der Waals surface area (Å²) in [7, 11) is 3.91. The van der Waals surface area contributed by atoms with Gasteiger partial charge in [-0.1, -0.05) is 0 Å². The number of hydrogen-bond acceptors (Lipinski definition) is 3. The van der Waals surface area contributed by atoms with Crippen molar-refractivity contribution in [2.75, 3.05) is 32.1 Å². The first-order valence-electron chi connectivity index (χ1n) is 7.13. The number of aliphatic carboxylic acids is 1. The predicted molar refractivity (Wildman–Crippen MR) is 81.6 cm³/mol. The van der Waals surface area contributed by atoms with Crippen LogP contribution in [-0.2, 0) is 4.79 Å². The zero-order valence-electron chi connectivity index (χ0n) is 12.8. The zero-order valence-corrected chi connectivity index (χ0v) is 12.8. The minimum absolute atomic E-state index is 0.0206. The second-order valence-corrected chi connectivity index (χ2v) is 6.10. The van der Waals surface area contributed by atoms with Crippen molar-refractivity contribution >= 4 is 17.6 Å². The van der Waals surface area contributed by atoms with E-state index in [2.05, 4.69) is 0 Å². The van der Waals surface area contributed by atoms with E-state index in [9.17, 15) is 14.7 Å². The lowest BCUT2D eigenvalue weighted by molar-refractivity contribution is -0.150. The average molecular weight is 290 g/mol. The van der Waals surface area contributed by atoms with E-state index < -0.39 is 11.4 Å². The Labute approximate surface area is 125 Å². The Hall–Kier alpha value is -2.04. The molecule has 5 heteroatoms. The highest BCUT2D eigenvalue weighted by molar-refractivity contribution is 5.94. The van der Waals surface area contributed by atoms with Crippen LogP contribution in [-0.4, -0.2) is 49.1 Å². The molecule has 0 radical (unpaired) electrons. The number of benzene rings is 1. The standard InChI is InChI=1S/C16H22N2O3/c1-16(15(20)21)8-10-18(11-9-16)14(19)12-4-6-13(7-5-12)17(2)3/h4-7H,8-11H2,1-3H3,(H,20,21). The Kier molecular flexibility index (Phi) is 4.21. The third-order valence-electron chi connectivity index (χ3n) is 4.30. The maximum Gasteiger partial charge on any atom is 0.309 e. The van der Waals surface area contributed by atoms with Gasteiger partial charge in [-0.3, -0.25) is 9.59 Å². The quantitative estimate of drug-likeness (QED) is 0.926. The van der Waals surface area contributed by atoms with E-state index >= 15 is 0 Å². The molecule has 1 N–H and O–H groups in total. The fraction of sp³-hybridized carbons (Fsp3) is 0.500. The van der Waals surface area contributed by atoms with Crippen LogP contribution in [0.25, 0.3) is 0 Å². The second kappa shape index (κ2) is 5.76. The number of hydrogen-bond donors (Lipinski definition) is 1. The fourth-order valence-electron chi connectivity index (χ4n) is 2.50. The normalized spacial score (nSPS) is 17.4. The molecule has 1 fully saturated rings. The number of piperidine rings is 1. The number of carbonyl (C=O) groups is 2. The molecule has 1 heterocycles. The molecule has 1 aliphatic heterocycles. The minimum Gasteiger partial charge on any atom is -0.481 e. The molecule has 5 nitrogen and oxygen atoms in total. The maximum atomic E-state index is 12.4. The molecule has 1 amide bonds. The fourth-order valence-corrected chi connectivity index (χ4v) is 2.50. The molecule has 1 aliphatic rings. The second-order valence-electron chi connectivity index (χ2n) is 6.10. The lowest BCUT2D eigenvalue weighted by atomic mass is 9.80. The topological polar surface area (TPSA) is 60.9 Å². The molecule has 1 saturated heterocycles. The highest BCUT2D eigenvalue weighted by Gasteiger charge is 2.38. The van der Waals surface area contributed by atoms with E-state index in [1.165, 1.54) is 0 Å². The summed E-state index contributed by atoms with van der Waals surface area (Å²) in [6, 6.07) is 7.47. The van der Waals surface area contributed by atoms with Crippen LogP contribution in [0.5, 0.6) is 0 Å². The summed E-state index contributed by atoms with van der Waals surface area (Å²) in [5.74, 6) is -0.794. The first-order chi connectivity index (χ1) is 9.83. The molecule has 0 saturated carbocycles. The molecule has 0 spiro atoms. The predicted octanol–water partition coefficient (Wildman–Crippen LogP) is 2.08. The zero-order chi connectivity index (χ0) is 15.6. The van der Waals surface area contributed by atoms with Gasteiger partial charge in [-0.2, -0.15) is 0 Å². The molecule has 114 valence electrons. The summed E-state index contributed by atoms with van der Waals surface area (Å²) >= 11 is 0. The number of likely N-dealkylation sites (tertiary alicyclic amines) is 1. The Balaban J connectivity index is 2.03. The van der Waals surface area contributed by atoms with Crippen LogP contribution in [0.15, 0.2) is 24.3 Å². The third-order valence-corrected chi connectivity index (χ3v) is 4.30. The summed E-state index contributed by atoms with van der Waals surface area (Å²) in [5.41, 5.74) is 0.995. The molecule has 0 atom stereocenters. The van der Waals surface area contributed by atoms with E-state index in [-0.39, 0.29) is 5.91 Å². The van der Waals surface area contributed by atoms with E-state index in [1.54, 1.807) is 11.8 Å². The van der Waals surface area contributed by atoms with E-state index in [0.717, 1.165) is 5.69 Å². The first-order valence-corrected chi connectivity index (χ1v) is 7.13. The number of anilines is 1.